The lowest BCUT2D eigenvalue weighted by molar-refractivity contribution is -0.151. The van der Waals surface area contributed by atoms with Gasteiger partial charge in [0, 0.05) is 23.2 Å². The van der Waals surface area contributed by atoms with Crippen molar-refractivity contribution in [3.05, 3.63) is 88.5 Å². The van der Waals surface area contributed by atoms with Crippen LogP contribution in [-0.2, 0) is 14.3 Å². The SMILES string of the molecule is Cc1nn(-c2ccccc2)c(Cl)c1/C=C/C(=O)OC(C(=O)NC1CC1)c1ccc(F)cc1. The molecule has 1 atom stereocenters. The van der Waals surface area contributed by atoms with E-state index in [2.05, 4.69) is 10.4 Å². The predicted molar refractivity (Wildman–Crippen MR) is 119 cm³/mol. The molecule has 1 saturated carbocycles. The largest absolute Gasteiger partial charge is 0.444 e. The summed E-state index contributed by atoms with van der Waals surface area (Å²) in [6.07, 6.45) is 3.30. The highest BCUT2D eigenvalue weighted by Gasteiger charge is 2.30. The van der Waals surface area contributed by atoms with Gasteiger partial charge in [-0.05, 0) is 50.1 Å². The van der Waals surface area contributed by atoms with Crippen molar-refractivity contribution in [3.8, 4) is 5.69 Å². The van der Waals surface area contributed by atoms with Gasteiger partial charge in [-0.3, -0.25) is 4.79 Å². The average Bonchev–Trinajstić information content (AvgIpc) is 3.56. The minimum atomic E-state index is -1.18. The van der Waals surface area contributed by atoms with E-state index in [0.29, 0.717) is 22.0 Å². The monoisotopic (exact) mass is 453 g/mol. The van der Waals surface area contributed by atoms with Crippen molar-refractivity contribution in [2.24, 2.45) is 0 Å². The Hall–Kier alpha value is -3.45. The van der Waals surface area contributed by atoms with Crippen molar-refractivity contribution in [3.63, 3.8) is 0 Å². The number of amides is 1. The molecule has 1 heterocycles. The molecule has 0 radical (unpaired) electrons. The first kappa shape index (κ1) is 21.8. The van der Waals surface area contributed by atoms with Gasteiger partial charge in [-0.25, -0.2) is 13.9 Å². The molecule has 1 fully saturated rings. The van der Waals surface area contributed by atoms with Gasteiger partial charge < -0.3 is 10.1 Å². The smallest absolute Gasteiger partial charge is 0.331 e. The first-order chi connectivity index (χ1) is 15.4. The summed E-state index contributed by atoms with van der Waals surface area (Å²) in [6.45, 7) is 1.78. The summed E-state index contributed by atoms with van der Waals surface area (Å²) in [6, 6.07) is 14.7. The van der Waals surface area contributed by atoms with Crippen molar-refractivity contribution < 1.29 is 18.7 Å². The highest BCUT2D eigenvalue weighted by Crippen LogP contribution is 2.26. The molecule has 2 aromatic carbocycles. The van der Waals surface area contributed by atoms with Gasteiger partial charge in [-0.1, -0.05) is 41.9 Å². The molecule has 3 aromatic rings. The molecule has 1 aliphatic carbocycles. The van der Waals surface area contributed by atoms with E-state index >= 15 is 0 Å². The van der Waals surface area contributed by atoms with E-state index in [9.17, 15) is 14.0 Å². The number of hydrogen-bond donors (Lipinski definition) is 1. The summed E-state index contributed by atoms with van der Waals surface area (Å²) in [5, 5.41) is 7.59. The number of aromatic nitrogens is 2. The Morgan fingerprint density at radius 3 is 2.53 bits per heavy atom. The summed E-state index contributed by atoms with van der Waals surface area (Å²) in [7, 11) is 0. The molecule has 1 N–H and O–H groups in total. The predicted octanol–water partition coefficient (Wildman–Crippen LogP) is 4.55. The number of carbonyl (C=O) groups is 2. The van der Waals surface area contributed by atoms with E-state index in [0.717, 1.165) is 18.5 Å². The Labute approximate surface area is 189 Å². The Morgan fingerprint density at radius 1 is 1.19 bits per heavy atom. The number of ether oxygens (including phenoxy) is 1. The zero-order valence-corrected chi connectivity index (χ0v) is 18.1. The quantitative estimate of drug-likeness (QED) is 0.421. The van der Waals surface area contributed by atoms with Crippen LogP contribution in [0, 0.1) is 12.7 Å². The number of halogens is 2. The molecule has 4 rings (SSSR count). The number of carbonyl (C=O) groups excluding carboxylic acids is 2. The fraction of sp³-hybridized carbons (Fsp3) is 0.208. The lowest BCUT2D eigenvalue weighted by atomic mass is 10.1. The second-order valence-corrected chi connectivity index (χ2v) is 7.88. The van der Waals surface area contributed by atoms with Crippen molar-refractivity contribution in [2.75, 3.05) is 0 Å². The van der Waals surface area contributed by atoms with E-state index in [1.165, 1.54) is 36.4 Å². The highest BCUT2D eigenvalue weighted by molar-refractivity contribution is 6.31. The number of para-hydroxylation sites is 1. The van der Waals surface area contributed by atoms with Crippen LogP contribution in [0.5, 0.6) is 0 Å². The van der Waals surface area contributed by atoms with Crippen molar-refractivity contribution in [2.45, 2.75) is 31.9 Å². The lowest BCUT2D eigenvalue weighted by Gasteiger charge is -2.17. The summed E-state index contributed by atoms with van der Waals surface area (Å²) >= 11 is 6.48. The van der Waals surface area contributed by atoms with Crippen LogP contribution in [0.3, 0.4) is 0 Å². The van der Waals surface area contributed by atoms with Crippen LogP contribution < -0.4 is 5.32 Å². The Bertz CT molecular complexity index is 1160. The molecule has 1 amide bonds. The Morgan fingerprint density at radius 2 is 1.88 bits per heavy atom. The third-order valence-electron chi connectivity index (χ3n) is 5.00. The van der Waals surface area contributed by atoms with E-state index in [1.54, 1.807) is 11.6 Å². The average molecular weight is 454 g/mol. The Kier molecular flexibility index (Phi) is 6.37. The standard InChI is InChI=1S/C24H21ClFN3O3/c1-15-20(23(25)29(28-15)19-5-3-2-4-6-19)13-14-21(30)32-22(24(31)27-18-11-12-18)16-7-9-17(26)10-8-16/h2-10,13-14,18,22H,11-12H2,1H3,(H,27,31)/b14-13+. The number of aryl methyl sites for hydroxylation is 1. The second-order valence-electron chi connectivity index (χ2n) is 7.52. The zero-order chi connectivity index (χ0) is 22.7. The summed E-state index contributed by atoms with van der Waals surface area (Å²) in [5.41, 5.74) is 2.37. The molecular formula is C24H21ClFN3O3. The number of rotatable bonds is 7. The van der Waals surface area contributed by atoms with Gasteiger partial charge in [0.2, 0.25) is 6.10 Å². The van der Waals surface area contributed by atoms with E-state index in [-0.39, 0.29) is 6.04 Å². The van der Waals surface area contributed by atoms with Crippen LogP contribution >= 0.6 is 11.6 Å². The zero-order valence-electron chi connectivity index (χ0n) is 17.3. The minimum Gasteiger partial charge on any atom is -0.444 e. The molecule has 0 bridgehead atoms. The molecule has 8 heteroatoms. The summed E-state index contributed by atoms with van der Waals surface area (Å²) in [4.78, 5) is 25.2. The minimum absolute atomic E-state index is 0.0879. The molecule has 1 unspecified atom stereocenters. The maximum atomic E-state index is 13.3. The lowest BCUT2D eigenvalue weighted by Crippen LogP contribution is -2.33. The van der Waals surface area contributed by atoms with Gasteiger partial charge in [-0.2, -0.15) is 5.10 Å². The molecular weight excluding hydrogens is 433 g/mol. The van der Waals surface area contributed by atoms with Crippen molar-refractivity contribution >= 4 is 29.6 Å². The molecule has 0 saturated heterocycles. The van der Waals surface area contributed by atoms with Crippen LogP contribution in [0.2, 0.25) is 5.15 Å². The van der Waals surface area contributed by atoms with Crippen LogP contribution in [0.4, 0.5) is 4.39 Å². The molecule has 32 heavy (non-hydrogen) atoms. The van der Waals surface area contributed by atoms with Crippen LogP contribution in [0.25, 0.3) is 11.8 Å². The van der Waals surface area contributed by atoms with Gasteiger partial charge in [0.05, 0.1) is 11.4 Å². The molecule has 6 nitrogen and oxygen atoms in total. The van der Waals surface area contributed by atoms with E-state index in [1.807, 2.05) is 30.3 Å². The summed E-state index contributed by atoms with van der Waals surface area (Å²) < 4.78 is 20.3. The van der Waals surface area contributed by atoms with Crippen molar-refractivity contribution in [1.29, 1.82) is 0 Å². The topological polar surface area (TPSA) is 73.2 Å². The highest BCUT2D eigenvalue weighted by atomic mass is 35.5. The normalized spacial score (nSPS) is 14.3. The van der Waals surface area contributed by atoms with Crippen molar-refractivity contribution in [1.82, 2.24) is 15.1 Å². The van der Waals surface area contributed by atoms with Gasteiger partial charge in [0.1, 0.15) is 11.0 Å². The van der Waals surface area contributed by atoms with Crippen LogP contribution in [0.15, 0.2) is 60.7 Å². The Balaban J connectivity index is 1.52. The van der Waals surface area contributed by atoms with Gasteiger partial charge in [-0.15, -0.1) is 0 Å². The fourth-order valence-corrected chi connectivity index (χ4v) is 3.50. The van der Waals surface area contributed by atoms with Gasteiger partial charge in [0.15, 0.2) is 0 Å². The third kappa shape index (κ3) is 5.06. The fourth-order valence-electron chi connectivity index (χ4n) is 3.16. The molecule has 0 aliphatic heterocycles. The van der Waals surface area contributed by atoms with Crippen LogP contribution in [-0.4, -0.2) is 27.7 Å². The number of benzene rings is 2. The summed E-state index contributed by atoms with van der Waals surface area (Å²) in [5.74, 6) is -1.61. The number of esters is 1. The van der Waals surface area contributed by atoms with E-state index < -0.39 is 23.8 Å². The van der Waals surface area contributed by atoms with E-state index in [4.69, 9.17) is 16.3 Å². The third-order valence-corrected chi connectivity index (χ3v) is 5.37. The maximum absolute atomic E-state index is 13.3. The molecule has 1 aromatic heterocycles. The molecule has 0 spiro atoms. The van der Waals surface area contributed by atoms with Gasteiger partial charge >= 0.3 is 5.97 Å². The second kappa shape index (κ2) is 9.36. The molecule has 164 valence electrons. The van der Waals surface area contributed by atoms with Crippen LogP contribution in [0.1, 0.15) is 35.8 Å². The number of nitrogens with zero attached hydrogens (tertiary/aromatic N) is 2. The first-order valence-corrected chi connectivity index (χ1v) is 10.6. The first-order valence-electron chi connectivity index (χ1n) is 10.2. The maximum Gasteiger partial charge on any atom is 0.331 e. The number of nitrogens with one attached hydrogen (secondary N) is 1. The number of hydrogen-bond acceptors (Lipinski definition) is 4. The molecule has 1 aliphatic rings. The van der Waals surface area contributed by atoms with Gasteiger partial charge in [0.25, 0.3) is 5.91 Å².